The number of rotatable bonds is 1. The summed E-state index contributed by atoms with van der Waals surface area (Å²) < 4.78 is 0. The van der Waals surface area contributed by atoms with E-state index in [1.807, 2.05) is 0 Å². The molecule has 0 fully saturated rings. The van der Waals surface area contributed by atoms with Crippen LogP contribution in [0.1, 0.15) is 40.2 Å². The zero-order chi connectivity index (χ0) is 13.8. The van der Waals surface area contributed by atoms with Gasteiger partial charge in [0.2, 0.25) is 0 Å². The van der Waals surface area contributed by atoms with E-state index >= 15 is 0 Å². The first-order chi connectivity index (χ1) is 8.93. The molecule has 0 nitrogen and oxygen atoms in total. The SMILES string of the molecule is CC1=C(C)C(C)(C)C(c2cc3ccccc3[cH-]2)=C1C.[Cl-].[Cl-].[Hf]. The number of hydrogen-bond acceptors (Lipinski definition) is 0. The standard InChI is InChI=1S/C19H21.2ClH.Hf/c1-12-13(2)18(19(4,5)14(12)3)17-10-15-8-6-7-9-16(15)11-17;;;/h6-11H,1-5H3;2*1H;/q-1;;;/p-2. The molecule has 3 rings (SSSR count). The molecule has 0 aromatic heterocycles. The van der Waals surface area contributed by atoms with Gasteiger partial charge in [-0.05, 0) is 26.2 Å². The van der Waals surface area contributed by atoms with Gasteiger partial charge in [-0.15, -0.1) is 34.5 Å². The molecule has 2 aromatic carbocycles. The van der Waals surface area contributed by atoms with Gasteiger partial charge in [-0.25, -0.2) is 0 Å². The van der Waals surface area contributed by atoms with E-state index in [0.717, 1.165) is 0 Å². The minimum atomic E-state index is 0. The van der Waals surface area contributed by atoms with Crippen LogP contribution in [-0.2, 0) is 25.8 Å². The molecule has 0 aliphatic heterocycles. The van der Waals surface area contributed by atoms with Crippen molar-refractivity contribution >= 4 is 16.3 Å². The van der Waals surface area contributed by atoms with Crippen LogP contribution < -0.4 is 24.8 Å². The molecule has 118 valence electrons. The molecule has 0 bridgehead atoms. The van der Waals surface area contributed by atoms with E-state index in [1.165, 1.54) is 38.6 Å². The molecule has 2 aromatic rings. The molecule has 1 aliphatic carbocycles. The fourth-order valence-corrected chi connectivity index (χ4v) is 3.47. The summed E-state index contributed by atoms with van der Waals surface area (Å²) in [5.74, 6) is 0. The summed E-state index contributed by atoms with van der Waals surface area (Å²) in [5, 5.41) is 2.69. The zero-order valence-electron chi connectivity index (χ0n) is 13.7. The summed E-state index contributed by atoms with van der Waals surface area (Å²) in [6.07, 6.45) is 0. The van der Waals surface area contributed by atoms with Crippen LogP contribution in [-0.4, -0.2) is 0 Å². The van der Waals surface area contributed by atoms with Gasteiger partial charge in [0.05, 0.1) is 0 Å². The van der Waals surface area contributed by atoms with Gasteiger partial charge >= 0.3 is 0 Å². The molecule has 0 amide bonds. The molecule has 0 spiro atoms. The first kappa shape index (κ1) is 21.8. The predicted molar refractivity (Wildman–Crippen MR) is 84.3 cm³/mol. The Morgan fingerprint density at radius 1 is 0.909 bits per heavy atom. The number of fused-ring (bicyclic) bond motifs is 1. The Hall–Kier alpha value is -0.240. The van der Waals surface area contributed by atoms with Gasteiger partial charge in [-0.3, -0.25) is 0 Å². The fraction of sp³-hybridized carbons (Fsp3) is 0.316. The van der Waals surface area contributed by atoms with Crippen molar-refractivity contribution < 1.29 is 50.7 Å². The molecular formula is C19H21Cl2Hf-3. The molecule has 0 atom stereocenters. The maximum Gasteiger partial charge on any atom is 0 e. The van der Waals surface area contributed by atoms with Gasteiger partial charge in [0.15, 0.2) is 0 Å². The summed E-state index contributed by atoms with van der Waals surface area (Å²) in [4.78, 5) is 0. The quantitative estimate of drug-likeness (QED) is 0.375. The van der Waals surface area contributed by atoms with Crippen molar-refractivity contribution in [3.05, 3.63) is 58.7 Å². The van der Waals surface area contributed by atoms with Crippen LogP contribution in [0.25, 0.3) is 16.3 Å². The van der Waals surface area contributed by atoms with E-state index in [9.17, 15) is 0 Å². The maximum atomic E-state index is 2.34. The molecular weight excluding hydrogens is 478 g/mol. The van der Waals surface area contributed by atoms with Crippen molar-refractivity contribution in [1.29, 1.82) is 0 Å². The van der Waals surface area contributed by atoms with Crippen LogP contribution in [0.15, 0.2) is 53.1 Å². The van der Waals surface area contributed by atoms with E-state index in [2.05, 4.69) is 71.0 Å². The van der Waals surface area contributed by atoms with Crippen LogP contribution in [0.2, 0.25) is 0 Å². The minimum absolute atomic E-state index is 0. The van der Waals surface area contributed by atoms with Crippen LogP contribution in [0.3, 0.4) is 0 Å². The number of allylic oxidation sites excluding steroid dienone is 4. The number of hydrogen-bond donors (Lipinski definition) is 0. The summed E-state index contributed by atoms with van der Waals surface area (Å²) in [7, 11) is 0. The van der Waals surface area contributed by atoms with E-state index in [4.69, 9.17) is 0 Å². The maximum absolute atomic E-state index is 2.34. The average molecular weight is 499 g/mol. The normalized spacial score (nSPS) is 16.2. The first-order valence-corrected chi connectivity index (χ1v) is 6.98. The average Bonchev–Trinajstić information content (AvgIpc) is 2.84. The molecule has 0 saturated carbocycles. The summed E-state index contributed by atoms with van der Waals surface area (Å²) >= 11 is 0. The van der Waals surface area contributed by atoms with Gasteiger partial charge in [0, 0.05) is 25.8 Å². The van der Waals surface area contributed by atoms with Crippen molar-refractivity contribution in [3.8, 4) is 0 Å². The van der Waals surface area contributed by atoms with Crippen molar-refractivity contribution in [2.75, 3.05) is 0 Å². The molecule has 0 saturated heterocycles. The summed E-state index contributed by atoms with van der Waals surface area (Å²) in [6.45, 7) is 11.5. The van der Waals surface area contributed by atoms with Gasteiger partial charge < -0.3 is 24.8 Å². The van der Waals surface area contributed by atoms with Gasteiger partial charge in [-0.1, -0.05) is 54.3 Å². The second-order valence-corrected chi connectivity index (χ2v) is 6.25. The van der Waals surface area contributed by atoms with E-state index in [1.54, 1.807) is 0 Å². The van der Waals surface area contributed by atoms with Crippen LogP contribution in [0, 0.1) is 5.41 Å². The Morgan fingerprint density at radius 3 is 2.00 bits per heavy atom. The van der Waals surface area contributed by atoms with E-state index in [-0.39, 0.29) is 56.1 Å². The fourth-order valence-electron chi connectivity index (χ4n) is 3.47. The third kappa shape index (κ3) is 3.18. The number of benzene rings is 1. The van der Waals surface area contributed by atoms with Gasteiger partial charge in [-0.2, -0.15) is 0 Å². The van der Waals surface area contributed by atoms with Crippen LogP contribution >= 0.6 is 0 Å². The Balaban J connectivity index is 0.00000147. The Morgan fingerprint density at radius 2 is 1.50 bits per heavy atom. The van der Waals surface area contributed by atoms with E-state index < -0.39 is 0 Å². The summed E-state index contributed by atoms with van der Waals surface area (Å²) in [5.41, 5.74) is 7.46. The second-order valence-electron chi connectivity index (χ2n) is 6.25. The molecule has 3 heteroatoms. The predicted octanol–water partition coefficient (Wildman–Crippen LogP) is -0.286. The van der Waals surface area contributed by atoms with Crippen LogP contribution in [0.4, 0.5) is 0 Å². The smallest absolute Gasteiger partial charge is 0 e. The van der Waals surface area contributed by atoms with Crippen molar-refractivity contribution in [3.63, 3.8) is 0 Å². The largest absolute Gasteiger partial charge is 1.00 e. The molecule has 1 aliphatic rings. The van der Waals surface area contributed by atoms with Gasteiger partial charge in [0.1, 0.15) is 0 Å². The zero-order valence-corrected chi connectivity index (χ0v) is 18.8. The second kappa shape index (κ2) is 7.55. The van der Waals surface area contributed by atoms with Crippen LogP contribution in [0.5, 0.6) is 0 Å². The Kier molecular flexibility index (Phi) is 7.47. The monoisotopic (exact) mass is 499 g/mol. The topological polar surface area (TPSA) is 0 Å². The Labute approximate surface area is 165 Å². The van der Waals surface area contributed by atoms with Crippen molar-refractivity contribution in [2.24, 2.45) is 5.41 Å². The third-order valence-corrected chi connectivity index (χ3v) is 4.97. The van der Waals surface area contributed by atoms with Crippen molar-refractivity contribution in [2.45, 2.75) is 34.6 Å². The van der Waals surface area contributed by atoms with Crippen molar-refractivity contribution in [1.82, 2.24) is 0 Å². The minimum Gasteiger partial charge on any atom is -1.00 e. The molecule has 0 heterocycles. The molecule has 0 radical (unpaired) electrons. The molecule has 0 unspecified atom stereocenters. The van der Waals surface area contributed by atoms with Gasteiger partial charge in [0.25, 0.3) is 0 Å². The third-order valence-electron chi connectivity index (χ3n) is 4.97. The van der Waals surface area contributed by atoms with E-state index in [0.29, 0.717) is 0 Å². The Bertz CT molecular complexity index is 700. The molecule has 22 heavy (non-hydrogen) atoms. The summed E-state index contributed by atoms with van der Waals surface area (Å²) in [6, 6.07) is 13.3. The first-order valence-electron chi connectivity index (χ1n) is 6.98. The molecule has 0 N–H and O–H groups in total. The number of halogens is 2.